The number of ether oxygens (including phenoxy) is 1. The van der Waals surface area contributed by atoms with E-state index in [1.54, 1.807) is 13.0 Å². The molecule has 6 atom stereocenters. The number of aromatic hydroxyl groups is 2. The lowest BCUT2D eigenvalue weighted by atomic mass is 9.54. The fraction of sp³-hybridized carbons (Fsp3) is 0.333. The van der Waals surface area contributed by atoms with Crippen LogP contribution in [-0.4, -0.2) is 85.7 Å². The smallest absolute Gasteiger partial charge is 0.310 e. The predicted molar refractivity (Wildman–Crippen MR) is 146 cm³/mol. The van der Waals surface area contributed by atoms with Gasteiger partial charge in [0.2, 0.25) is 5.78 Å². The van der Waals surface area contributed by atoms with Crippen molar-refractivity contribution in [2.75, 3.05) is 14.1 Å². The molecule has 3 aliphatic rings. The quantitative estimate of drug-likeness (QED) is 0.218. The number of aliphatic hydroxyl groups excluding tert-OH is 2. The number of ketones is 2. The third-order valence-corrected chi connectivity index (χ3v) is 8.52. The summed E-state index contributed by atoms with van der Waals surface area (Å²) in [5, 5.41) is 54.8. The molecule has 5 rings (SSSR count). The number of likely N-dealkylation sites (N-methyl/N-ethyl adjacent to an activating group) is 1. The second kappa shape index (κ2) is 10.00. The molecule has 42 heavy (non-hydrogen) atoms. The molecule has 12 nitrogen and oxygen atoms in total. The van der Waals surface area contributed by atoms with Gasteiger partial charge in [-0.2, -0.15) is 0 Å². The standard InChI is InChI=1S/C30H30N2O10/c1-12-15-5-4-6-16(34)19(15)24(36)20-18(12)26(42-17(35)11-13-7-9-14(33)10-8-13)22-23(32(2)3)25(37)21(29(31)40)28(39)30(22,41)27(20)38/h4-10,12,18,22-23,26,33-34,36,39,41H,11H2,1-3H3,(H2,31,40)/t12-,18+,22+,23-,26+,30+/m1/s1. The first kappa shape index (κ1) is 28.8. The molecule has 0 aromatic heterocycles. The van der Waals surface area contributed by atoms with Crippen LogP contribution in [0.2, 0.25) is 0 Å². The second-order valence-electron chi connectivity index (χ2n) is 11.1. The average Bonchev–Trinajstić information content (AvgIpc) is 2.91. The molecule has 0 spiro atoms. The van der Waals surface area contributed by atoms with Crippen molar-refractivity contribution in [2.24, 2.45) is 17.6 Å². The predicted octanol–water partition coefficient (Wildman–Crippen LogP) is 0.995. The van der Waals surface area contributed by atoms with Crippen LogP contribution in [0.1, 0.15) is 29.5 Å². The minimum absolute atomic E-state index is 0.0202. The van der Waals surface area contributed by atoms with Gasteiger partial charge in [0.15, 0.2) is 11.4 Å². The van der Waals surface area contributed by atoms with E-state index in [0.29, 0.717) is 11.1 Å². The molecule has 1 saturated carbocycles. The molecule has 1 amide bonds. The third kappa shape index (κ3) is 4.05. The zero-order chi connectivity index (χ0) is 30.8. The number of aliphatic hydroxyl groups is 3. The van der Waals surface area contributed by atoms with Crippen molar-refractivity contribution in [2.45, 2.75) is 37.0 Å². The molecule has 0 radical (unpaired) electrons. The Morgan fingerprint density at radius 2 is 1.67 bits per heavy atom. The Morgan fingerprint density at radius 3 is 2.26 bits per heavy atom. The number of benzene rings is 2. The van der Waals surface area contributed by atoms with E-state index in [9.17, 15) is 44.7 Å². The normalized spacial score (nSPS) is 28.7. The van der Waals surface area contributed by atoms with Crippen molar-refractivity contribution in [3.05, 3.63) is 76.1 Å². The van der Waals surface area contributed by atoms with E-state index < -0.39 is 81.6 Å². The van der Waals surface area contributed by atoms with Crippen LogP contribution in [0, 0.1) is 11.8 Å². The molecular formula is C30H30N2O10. The summed E-state index contributed by atoms with van der Waals surface area (Å²) in [6, 6.07) is 8.73. The lowest BCUT2D eigenvalue weighted by molar-refractivity contribution is -0.185. The topological polar surface area (TPSA) is 208 Å². The highest BCUT2D eigenvalue weighted by atomic mass is 16.5. The highest BCUT2D eigenvalue weighted by Crippen LogP contribution is 2.56. The number of hydrogen-bond donors (Lipinski definition) is 6. The van der Waals surface area contributed by atoms with Crippen LogP contribution in [0.5, 0.6) is 11.5 Å². The number of carbonyl (C=O) groups excluding carboxylic acids is 4. The Hall–Kier alpha value is -4.68. The van der Waals surface area contributed by atoms with Gasteiger partial charge < -0.3 is 36.0 Å². The minimum Gasteiger partial charge on any atom is -0.508 e. The summed E-state index contributed by atoms with van der Waals surface area (Å²) in [5.41, 5.74) is 1.76. The number of phenolic OH excluding ortho intramolecular Hbond substituents is 2. The monoisotopic (exact) mass is 578 g/mol. The number of fused-ring (bicyclic) bond motifs is 3. The molecule has 1 fully saturated rings. The number of esters is 1. The molecular weight excluding hydrogens is 548 g/mol. The van der Waals surface area contributed by atoms with Gasteiger partial charge in [0.25, 0.3) is 5.91 Å². The fourth-order valence-corrected chi connectivity index (χ4v) is 6.66. The molecule has 0 aliphatic heterocycles. The van der Waals surface area contributed by atoms with Gasteiger partial charge in [0.1, 0.15) is 34.7 Å². The lowest BCUT2D eigenvalue weighted by Gasteiger charge is -2.54. The SMILES string of the molecule is C[C@@H]1c2cccc(O)c2C(O)=C2C(=O)[C@]3(O)C(O)=C(C(N)=O)C(=O)[C@H](N(C)C)[C@H]3[C@@H](OC(=O)Cc3ccc(O)cc3)[C@H]21. The molecule has 220 valence electrons. The van der Waals surface area contributed by atoms with Crippen LogP contribution in [-0.2, 0) is 30.3 Å². The number of Topliss-reactive ketones (excluding diaryl/α,β-unsaturated/α-hetero) is 2. The first-order valence-corrected chi connectivity index (χ1v) is 13.2. The number of nitrogens with two attached hydrogens (primary N) is 1. The number of phenols is 2. The van der Waals surface area contributed by atoms with Gasteiger partial charge in [0, 0.05) is 11.5 Å². The van der Waals surface area contributed by atoms with Gasteiger partial charge in [0.05, 0.1) is 23.9 Å². The Balaban J connectivity index is 1.76. The van der Waals surface area contributed by atoms with E-state index in [1.165, 1.54) is 55.4 Å². The van der Waals surface area contributed by atoms with Gasteiger partial charge in [-0.1, -0.05) is 31.2 Å². The summed E-state index contributed by atoms with van der Waals surface area (Å²) < 4.78 is 5.96. The molecule has 2 aromatic carbocycles. The molecule has 2 aromatic rings. The van der Waals surface area contributed by atoms with Crippen molar-refractivity contribution >= 4 is 29.2 Å². The number of carbonyl (C=O) groups is 4. The molecule has 12 heteroatoms. The maximum atomic E-state index is 14.2. The van der Waals surface area contributed by atoms with Crippen LogP contribution in [0.15, 0.2) is 59.4 Å². The van der Waals surface area contributed by atoms with Crippen molar-refractivity contribution < 1.29 is 49.4 Å². The summed E-state index contributed by atoms with van der Waals surface area (Å²) in [6.07, 6.45) is -1.80. The van der Waals surface area contributed by atoms with Gasteiger partial charge in [-0.25, -0.2) is 0 Å². The molecule has 0 heterocycles. The summed E-state index contributed by atoms with van der Waals surface area (Å²) in [6.45, 7) is 1.67. The highest BCUT2D eigenvalue weighted by molar-refractivity contribution is 6.24. The van der Waals surface area contributed by atoms with E-state index in [4.69, 9.17) is 10.5 Å². The number of nitrogens with zero attached hydrogens (tertiary/aromatic N) is 1. The summed E-state index contributed by atoms with van der Waals surface area (Å²) in [4.78, 5) is 54.8. The van der Waals surface area contributed by atoms with Crippen LogP contribution in [0.4, 0.5) is 0 Å². The Labute approximate surface area is 239 Å². The number of hydrogen-bond acceptors (Lipinski definition) is 11. The molecule has 0 bridgehead atoms. The maximum Gasteiger partial charge on any atom is 0.310 e. The average molecular weight is 579 g/mol. The molecule has 0 saturated heterocycles. The molecule has 7 N–H and O–H groups in total. The first-order valence-electron chi connectivity index (χ1n) is 13.2. The van der Waals surface area contributed by atoms with Crippen molar-refractivity contribution in [3.8, 4) is 11.5 Å². The fourth-order valence-electron chi connectivity index (χ4n) is 6.66. The summed E-state index contributed by atoms with van der Waals surface area (Å²) in [5.74, 6) is -10.3. The highest BCUT2D eigenvalue weighted by Gasteiger charge is 2.69. The van der Waals surface area contributed by atoms with E-state index in [0.717, 1.165) is 0 Å². The molecule has 0 unspecified atom stereocenters. The minimum atomic E-state index is -3.02. The Morgan fingerprint density at radius 1 is 1.02 bits per heavy atom. The van der Waals surface area contributed by atoms with E-state index in [2.05, 4.69) is 0 Å². The van der Waals surface area contributed by atoms with Gasteiger partial charge >= 0.3 is 5.97 Å². The van der Waals surface area contributed by atoms with Gasteiger partial charge in [-0.05, 0) is 49.3 Å². The maximum absolute atomic E-state index is 14.2. The second-order valence-corrected chi connectivity index (χ2v) is 11.1. The first-order chi connectivity index (χ1) is 19.7. The molecule has 3 aliphatic carbocycles. The zero-order valence-electron chi connectivity index (χ0n) is 22.9. The number of rotatable bonds is 5. The number of primary amides is 1. The van der Waals surface area contributed by atoms with Crippen LogP contribution in [0.3, 0.4) is 0 Å². The van der Waals surface area contributed by atoms with Gasteiger partial charge in [-0.15, -0.1) is 0 Å². The van der Waals surface area contributed by atoms with E-state index >= 15 is 0 Å². The van der Waals surface area contributed by atoms with Crippen LogP contribution >= 0.6 is 0 Å². The Bertz CT molecular complexity index is 1590. The third-order valence-electron chi connectivity index (χ3n) is 8.52. The Kier molecular flexibility index (Phi) is 6.86. The van der Waals surface area contributed by atoms with Crippen molar-refractivity contribution in [1.29, 1.82) is 0 Å². The largest absolute Gasteiger partial charge is 0.508 e. The zero-order valence-corrected chi connectivity index (χ0v) is 22.9. The lowest BCUT2D eigenvalue weighted by Crippen LogP contribution is -2.71. The van der Waals surface area contributed by atoms with Crippen LogP contribution < -0.4 is 5.73 Å². The van der Waals surface area contributed by atoms with Crippen molar-refractivity contribution in [1.82, 2.24) is 4.90 Å². The van der Waals surface area contributed by atoms with E-state index in [1.807, 2.05) is 0 Å². The summed E-state index contributed by atoms with van der Waals surface area (Å²) >= 11 is 0. The number of amides is 1. The van der Waals surface area contributed by atoms with E-state index in [-0.39, 0.29) is 23.5 Å². The van der Waals surface area contributed by atoms with Crippen LogP contribution in [0.25, 0.3) is 5.76 Å². The summed E-state index contributed by atoms with van der Waals surface area (Å²) in [7, 11) is 2.90. The van der Waals surface area contributed by atoms with Gasteiger partial charge in [-0.3, -0.25) is 24.1 Å². The van der Waals surface area contributed by atoms with Crippen molar-refractivity contribution in [3.63, 3.8) is 0 Å².